The Kier molecular flexibility index (Phi) is 10.2. The maximum absolute atomic E-state index is 12.8. The predicted molar refractivity (Wildman–Crippen MR) is 124 cm³/mol. The number of aliphatic carboxylic acids is 1. The third-order valence-electron chi connectivity index (χ3n) is 5.79. The van der Waals surface area contributed by atoms with Crippen LogP contribution in [0.3, 0.4) is 0 Å². The van der Waals surface area contributed by atoms with E-state index in [-0.39, 0.29) is 23.8 Å². The molecule has 5 N–H and O–H groups in total. The number of amides is 1. The third kappa shape index (κ3) is 7.35. The highest BCUT2D eigenvalue weighted by atomic mass is 16.5. The van der Waals surface area contributed by atoms with E-state index in [0.717, 1.165) is 31.4 Å². The van der Waals surface area contributed by atoms with E-state index in [2.05, 4.69) is 12.1 Å². The molecule has 0 aliphatic carbocycles. The summed E-state index contributed by atoms with van der Waals surface area (Å²) in [5.41, 5.74) is 8.02. The van der Waals surface area contributed by atoms with Gasteiger partial charge in [0.05, 0.1) is 18.4 Å². The first-order chi connectivity index (χ1) is 15.1. The van der Waals surface area contributed by atoms with Gasteiger partial charge in [-0.25, -0.2) is 0 Å². The van der Waals surface area contributed by atoms with Gasteiger partial charge < -0.3 is 26.0 Å². The number of nitrogens with two attached hydrogens (primary N) is 1. The van der Waals surface area contributed by atoms with E-state index in [4.69, 9.17) is 10.5 Å². The van der Waals surface area contributed by atoms with Gasteiger partial charge in [0.25, 0.3) is 0 Å². The van der Waals surface area contributed by atoms with Gasteiger partial charge in [-0.2, -0.15) is 0 Å². The van der Waals surface area contributed by atoms with Crippen LogP contribution in [-0.2, 0) is 22.4 Å². The van der Waals surface area contributed by atoms with Crippen LogP contribution in [-0.4, -0.2) is 53.1 Å². The van der Waals surface area contributed by atoms with Gasteiger partial charge in [-0.15, -0.1) is 0 Å². The van der Waals surface area contributed by atoms with Gasteiger partial charge in [-0.05, 0) is 61.9 Å². The largest absolute Gasteiger partial charge is 0.491 e. The summed E-state index contributed by atoms with van der Waals surface area (Å²) >= 11 is 0. The normalized spacial score (nSPS) is 17.8. The first-order valence-corrected chi connectivity index (χ1v) is 11.0. The van der Waals surface area contributed by atoms with Crippen molar-refractivity contribution < 1.29 is 24.9 Å². The fraction of sp³-hybridized carbons (Fsp3) is 0.440. The summed E-state index contributed by atoms with van der Waals surface area (Å²) in [6.45, 7) is 1.65. The highest BCUT2D eigenvalue weighted by molar-refractivity contribution is 5.85. The number of carboxylic acid groups (broad SMARTS) is 1. The van der Waals surface area contributed by atoms with Crippen LogP contribution in [0.25, 0.3) is 0 Å². The summed E-state index contributed by atoms with van der Waals surface area (Å²) in [5.74, 6) is -0.713. The van der Waals surface area contributed by atoms with Crippen molar-refractivity contribution in [3.8, 4) is 5.75 Å². The molecule has 0 unspecified atom stereocenters. The lowest BCUT2D eigenvalue weighted by molar-refractivity contribution is -0.142. The monoisotopic (exact) mass is 442 g/mol. The summed E-state index contributed by atoms with van der Waals surface area (Å²) in [7, 11) is 0. The van der Waals surface area contributed by atoms with Crippen molar-refractivity contribution in [2.45, 2.75) is 44.6 Å². The van der Waals surface area contributed by atoms with E-state index < -0.39 is 11.9 Å². The van der Waals surface area contributed by atoms with Crippen molar-refractivity contribution in [3.05, 3.63) is 65.7 Å². The Labute approximate surface area is 189 Å². The third-order valence-corrected chi connectivity index (χ3v) is 5.79. The standard InChI is InChI=1S/C25H32N2O4.H2O/c26-14-4-8-20-10-12-23(13-11-20)31-18-22-16-21(17-24(28)29)25(30)27(22)15-5-9-19-6-2-1-3-7-19;/h1-3,6-7,10-13,21-22H,4-5,8-9,14-18,26H2,(H,28,29);1H2/t21-,22-;/m0./s1. The average Bonchev–Trinajstić information content (AvgIpc) is 3.06. The summed E-state index contributed by atoms with van der Waals surface area (Å²) in [6.07, 6.45) is 4.01. The summed E-state index contributed by atoms with van der Waals surface area (Å²) in [6, 6.07) is 18.0. The Bertz CT molecular complexity index is 841. The Balaban J connectivity index is 0.00000363. The molecule has 1 aliphatic rings. The second-order valence-corrected chi connectivity index (χ2v) is 8.15. The van der Waals surface area contributed by atoms with Crippen molar-refractivity contribution in [3.63, 3.8) is 0 Å². The number of benzene rings is 2. The number of likely N-dealkylation sites (tertiary alicyclic amines) is 1. The van der Waals surface area contributed by atoms with E-state index in [0.29, 0.717) is 26.1 Å². The fourth-order valence-electron chi connectivity index (χ4n) is 4.15. The average molecular weight is 443 g/mol. The second-order valence-electron chi connectivity index (χ2n) is 8.15. The molecule has 174 valence electrons. The van der Waals surface area contributed by atoms with Gasteiger partial charge in [0.15, 0.2) is 0 Å². The highest BCUT2D eigenvalue weighted by Crippen LogP contribution is 2.28. The second kappa shape index (κ2) is 12.8. The zero-order chi connectivity index (χ0) is 22.1. The molecule has 1 saturated heterocycles. The lowest BCUT2D eigenvalue weighted by Gasteiger charge is -2.25. The smallest absolute Gasteiger partial charge is 0.304 e. The Hall–Kier alpha value is -2.90. The van der Waals surface area contributed by atoms with E-state index >= 15 is 0 Å². The molecule has 0 radical (unpaired) electrons. The molecule has 32 heavy (non-hydrogen) atoms. The van der Waals surface area contributed by atoms with Gasteiger partial charge in [-0.3, -0.25) is 9.59 Å². The van der Waals surface area contributed by atoms with E-state index in [1.54, 1.807) is 0 Å². The van der Waals surface area contributed by atoms with Crippen molar-refractivity contribution in [2.75, 3.05) is 19.7 Å². The summed E-state index contributed by atoms with van der Waals surface area (Å²) in [4.78, 5) is 25.9. The van der Waals surface area contributed by atoms with Gasteiger partial charge in [0.2, 0.25) is 5.91 Å². The maximum atomic E-state index is 12.8. The molecule has 0 aromatic heterocycles. The molecule has 7 heteroatoms. The molecule has 0 spiro atoms. The Morgan fingerprint density at radius 2 is 1.69 bits per heavy atom. The number of ether oxygens (including phenoxy) is 1. The van der Waals surface area contributed by atoms with Gasteiger partial charge >= 0.3 is 5.97 Å². The Morgan fingerprint density at radius 3 is 2.34 bits per heavy atom. The maximum Gasteiger partial charge on any atom is 0.304 e. The molecule has 1 fully saturated rings. The first kappa shape index (κ1) is 25.4. The van der Waals surface area contributed by atoms with Crippen LogP contribution in [0, 0.1) is 5.92 Å². The van der Waals surface area contributed by atoms with Crippen molar-refractivity contribution >= 4 is 11.9 Å². The number of carboxylic acids is 1. The molecular formula is C25H34N2O5. The molecule has 1 aliphatic heterocycles. The number of carbonyl (C=O) groups is 2. The quantitative estimate of drug-likeness (QED) is 0.522. The molecule has 0 bridgehead atoms. The van der Waals surface area contributed by atoms with Gasteiger partial charge in [-0.1, -0.05) is 42.5 Å². The molecule has 1 amide bonds. The minimum absolute atomic E-state index is 0. The zero-order valence-electron chi connectivity index (χ0n) is 18.4. The van der Waals surface area contributed by atoms with Crippen LogP contribution >= 0.6 is 0 Å². The molecule has 0 saturated carbocycles. The van der Waals surface area contributed by atoms with Crippen LogP contribution in [0.2, 0.25) is 0 Å². The Morgan fingerprint density at radius 1 is 1.03 bits per heavy atom. The minimum Gasteiger partial charge on any atom is -0.491 e. The van der Waals surface area contributed by atoms with E-state index in [9.17, 15) is 14.7 Å². The van der Waals surface area contributed by atoms with Crippen LogP contribution in [0.15, 0.2) is 54.6 Å². The fourth-order valence-corrected chi connectivity index (χ4v) is 4.15. The van der Waals surface area contributed by atoms with Crippen molar-refractivity contribution in [2.24, 2.45) is 11.7 Å². The summed E-state index contributed by atoms with van der Waals surface area (Å²) in [5, 5.41) is 9.17. The van der Waals surface area contributed by atoms with E-state index in [1.165, 1.54) is 11.1 Å². The number of nitrogens with zero attached hydrogens (tertiary/aromatic N) is 1. The van der Waals surface area contributed by atoms with Gasteiger partial charge in [0.1, 0.15) is 12.4 Å². The van der Waals surface area contributed by atoms with Crippen LogP contribution in [0.5, 0.6) is 5.75 Å². The highest BCUT2D eigenvalue weighted by Gasteiger charge is 2.40. The molecule has 1 heterocycles. The van der Waals surface area contributed by atoms with Crippen molar-refractivity contribution in [1.82, 2.24) is 4.90 Å². The number of hydrogen-bond acceptors (Lipinski definition) is 4. The number of hydrogen-bond donors (Lipinski definition) is 2. The number of aryl methyl sites for hydroxylation is 2. The summed E-state index contributed by atoms with van der Waals surface area (Å²) < 4.78 is 5.98. The molecule has 2 aromatic carbocycles. The minimum atomic E-state index is -0.933. The topological polar surface area (TPSA) is 124 Å². The SMILES string of the molecule is NCCCc1ccc(OC[C@@H]2C[C@@H](CC(=O)O)C(=O)N2CCCc2ccccc2)cc1.O. The van der Waals surface area contributed by atoms with E-state index in [1.807, 2.05) is 47.4 Å². The molecular weight excluding hydrogens is 408 g/mol. The van der Waals surface area contributed by atoms with Crippen LogP contribution < -0.4 is 10.5 Å². The van der Waals surface area contributed by atoms with Gasteiger partial charge in [0, 0.05) is 6.54 Å². The lowest BCUT2D eigenvalue weighted by atomic mass is 10.0. The zero-order valence-corrected chi connectivity index (χ0v) is 18.4. The lowest BCUT2D eigenvalue weighted by Crippen LogP contribution is -2.38. The molecule has 2 atom stereocenters. The number of rotatable bonds is 12. The first-order valence-electron chi connectivity index (χ1n) is 11.0. The van der Waals surface area contributed by atoms with Crippen LogP contribution in [0.4, 0.5) is 0 Å². The van der Waals surface area contributed by atoms with Crippen LogP contribution in [0.1, 0.15) is 36.8 Å². The number of carbonyl (C=O) groups excluding carboxylic acids is 1. The predicted octanol–water partition coefficient (Wildman–Crippen LogP) is 2.46. The molecule has 2 aromatic rings. The van der Waals surface area contributed by atoms with Crippen molar-refractivity contribution in [1.29, 1.82) is 0 Å². The molecule has 3 rings (SSSR count). The molecule has 7 nitrogen and oxygen atoms in total.